The molecule has 0 bridgehead atoms. The summed E-state index contributed by atoms with van der Waals surface area (Å²) in [5, 5.41) is 10.9. The van der Waals surface area contributed by atoms with Crippen LogP contribution < -0.4 is 5.43 Å². The van der Waals surface area contributed by atoms with Crippen molar-refractivity contribution in [2.45, 2.75) is 51.4 Å². The third-order valence-electron chi connectivity index (χ3n) is 6.11. The Balaban J connectivity index is 0.00000306. The second-order valence-corrected chi connectivity index (χ2v) is 8.54. The van der Waals surface area contributed by atoms with Crippen LogP contribution in [-0.2, 0) is 12.7 Å². The number of fused-ring (bicyclic) bond motifs is 1. The summed E-state index contributed by atoms with van der Waals surface area (Å²) in [7, 11) is 0. The van der Waals surface area contributed by atoms with E-state index in [1.54, 1.807) is 0 Å². The molecule has 1 aliphatic heterocycles. The van der Waals surface area contributed by atoms with E-state index >= 15 is 0 Å². The van der Waals surface area contributed by atoms with Crippen molar-refractivity contribution in [1.29, 1.82) is 0 Å². The van der Waals surface area contributed by atoms with Gasteiger partial charge >= 0.3 is 6.18 Å². The van der Waals surface area contributed by atoms with Crippen molar-refractivity contribution in [3.8, 4) is 16.9 Å². The zero-order chi connectivity index (χ0) is 23.0. The summed E-state index contributed by atoms with van der Waals surface area (Å²) in [6, 6.07) is 8.48. The van der Waals surface area contributed by atoms with Gasteiger partial charge in [0.25, 0.3) is 0 Å². The predicted octanol–water partition coefficient (Wildman–Crippen LogP) is 7.18. The molecule has 1 atom stereocenters. The number of alkyl halides is 3. The first-order valence-corrected chi connectivity index (χ1v) is 11.0. The minimum atomic E-state index is -4.90. The van der Waals surface area contributed by atoms with E-state index in [0.29, 0.717) is 5.02 Å². The molecule has 2 aromatic carbocycles. The summed E-state index contributed by atoms with van der Waals surface area (Å²) >= 11 is 5.86. The van der Waals surface area contributed by atoms with E-state index in [2.05, 4.69) is 11.8 Å². The first-order valence-electron chi connectivity index (χ1n) is 10.6. The molecule has 1 aromatic heterocycles. The predicted molar refractivity (Wildman–Crippen MR) is 128 cm³/mol. The smallest absolute Gasteiger partial charge is 0.450 e. The maximum atomic E-state index is 14.0. The van der Waals surface area contributed by atoms with Crippen LogP contribution in [-0.4, -0.2) is 22.6 Å². The van der Waals surface area contributed by atoms with E-state index < -0.39 is 22.9 Å². The number of aromatic hydroxyl groups is 1. The topological polar surface area (TPSA) is 53.7 Å². The molecule has 4 rings (SSSR count). The zero-order valence-electron chi connectivity index (χ0n) is 17.9. The fourth-order valence-corrected chi connectivity index (χ4v) is 4.59. The number of nitrogens with zero attached hydrogens (tertiary/aromatic N) is 1. The van der Waals surface area contributed by atoms with Gasteiger partial charge in [0, 0.05) is 17.6 Å². The molecule has 1 fully saturated rings. The van der Waals surface area contributed by atoms with Gasteiger partial charge in [-0.05, 0) is 55.6 Å². The molecular weight excluding hydrogens is 523 g/mol. The van der Waals surface area contributed by atoms with Gasteiger partial charge in [0.2, 0.25) is 11.2 Å². The number of likely N-dealkylation sites (tertiary alicyclic amines) is 1. The molecule has 0 amide bonds. The lowest BCUT2D eigenvalue weighted by molar-refractivity contribution is -0.152. The van der Waals surface area contributed by atoms with Gasteiger partial charge < -0.3 is 9.52 Å². The molecule has 1 N–H and O–H groups in total. The van der Waals surface area contributed by atoms with Crippen LogP contribution in [0.2, 0.25) is 5.02 Å². The average molecular weight is 547 g/mol. The molecule has 0 saturated carbocycles. The molecule has 1 unspecified atom stereocenters. The van der Waals surface area contributed by atoms with Crippen LogP contribution in [0.25, 0.3) is 22.1 Å². The van der Waals surface area contributed by atoms with Crippen molar-refractivity contribution in [3.63, 3.8) is 0 Å². The fraction of sp³-hybridized carbons (Fsp3) is 0.375. The van der Waals surface area contributed by atoms with E-state index in [0.717, 1.165) is 32.2 Å². The van der Waals surface area contributed by atoms with Crippen LogP contribution in [0.15, 0.2) is 45.6 Å². The van der Waals surface area contributed by atoms with Gasteiger partial charge in [-0.15, -0.1) is 17.0 Å². The molecule has 2 heterocycles. The summed E-state index contributed by atoms with van der Waals surface area (Å²) in [5.74, 6) is -1.57. The second kappa shape index (κ2) is 10.1. The van der Waals surface area contributed by atoms with E-state index in [1.165, 1.54) is 36.4 Å². The van der Waals surface area contributed by atoms with Crippen LogP contribution in [0, 0.1) is 0 Å². The number of piperidine rings is 1. The third-order valence-corrected chi connectivity index (χ3v) is 6.36. The Bertz CT molecular complexity index is 1190. The third kappa shape index (κ3) is 5.08. The fourth-order valence-electron chi connectivity index (χ4n) is 4.47. The summed E-state index contributed by atoms with van der Waals surface area (Å²) in [4.78, 5) is 15.4. The molecule has 0 spiro atoms. The highest BCUT2D eigenvalue weighted by Crippen LogP contribution is 2.40. The molecule has 4 nitrogen and oxygen atoms in total. The molecule has 3 aromatic rings. The first kappa shape index (κ1) is 25.6. The van der Waals surface area contributed by atoms with E-state index in [4.69, 9.17) is 16.0 Å². The van der Waals surface area contributed by atoms with Crippen LogP contribution in [0.1, 0.15) is 43.9 Å². The highest BCUT2D eigenvalue weighted by molar-refractivity contribution is 8.93. The van der Waals surface area contributed by atoms with Crippen molar-refractivity contribution in [2.24, 2.45) is 0 Å². The number of halogens is 5. The minimum absolute atomic E-state index is 0. The highest BCUT2D eigenvalue weighted by atomic mass is 79.9. The van der Waals surface area contributed by atoms with Crippen molar-refractivity contribution < 1.29 is 22.7 Å². The number of hydrogen-bond donors (Lipinski definition) is 1. The van der Waals surface area contributed by atoms with Crippen molar-refractivity contribution >= 4 is 39.6 Å². The Hall–Kier alpha value is -2.03. The summed E-state index contributed by atoms with van der Waals surface area (Å²) in [5.41, 5.74) is -1.32. The summed E-state index contributed by atoms with van der Waals surface area (Å²) < 4.78 is 47.4. The lowest BCUT2D eigenvalue weighted by atomic mass is 9.97. The lowest BCUT2D eigenvalue weighted by Crippen LogP contribution is -2.38. The summed E-state index contributed by atoms with van der Waals surface area (Å²) in [6.45, 7) is 3.04. The minimum Gasteiger partial charge on any atom is -0.507 e. The number of hydrogen-bond acceptors (Lipinski definition) is 4. The maximum Gasteiger partial charge on any atom is 0.450 e. The Morgan fingerprint density at radius 2 is 1.85 bits per heavy atom. The molecule has 178 valence electrons. The highest BCUT2D eigenvalue weighted by Gasteiger charge is 2.40. The maximum absolute atomic E-state index is 14.0. The monoisotopic (exact) mass is 545 g/mol. The molecular formula is C24H24BrClF3NO3. The Morgan fingerprint density at radius 3 is 2.48 bits per heavy atom. The quantitative estimate of drug-likeness (QED) is 0.377. The van der Waals surface area contributed by atoms with E-state index in [9.17, 15) is 23.1 Å². The number of benzene rings is 2. The lowest BCUT2D eigenvalue weighted by Gasteiger charge is -2.35. The molecule has 1 saturated heterocycles. The Morgan fingerprint density at radius 1 is 1.15 bits per heavy atom. The number of rotatable bonds is 4. The average Bonchev–Trinajstić information content (AvgIpc) is 2.76. The Labute approximate surface area is 204 Å². The van der Waals surface area contributed by atoms with Crippen molar-refractivity contribution in [3.05, 3.63) is 63.0 Å². The van der Waals surface area contributed by atoms with Gasteiger partial charge in [-0.25, -0.2) is 0 Å². The van der Waals surface area contributed by atoms with Gasteiger partial charge in [-0.2, -0.15) is 13.2 Å². The van der Waals surface area contributed by atoms with Gasteiger partial charge in [0.1, 0.15) is 11.3 Å². The number of phenolic OH excluding ortho intramolecular Hbond substituents is 1. The molecule has 0 radical (unpaired) electrons. The van der Waals surface area contributed by atoms with Crippen LogP contribution >= 0.6 is 28.6 Å². The van der Waals surface area contributed by atoms with Crippen LogP contribution in [0.5, 0.6) is 5.75 Å². The standard InChI is InChI=1S/C24H23ClF3NO3.BrH/c1-2-16-5-3-4-12-29(16)13-18-19(30)11-10-17-21(31)20(14-6-8-15(25)9-7-14)23(24(26,27)28)32-22(17)18;/h6-11,16,30H,2-5,12-13H2,1H3;1H. The normalized spacial score (nSPS) is 17.2. The summed E-state index contributed by atoms with van der Waals surface area (Å²) in [6.07, 6.45) is -0.957. The molecule has 1 aliphatic rings. The van der Waals surface area contributed by atoms with Crippen LogP contribution in [0.3, 0.4) is 0 Å². The largest absolute Gasteiger partial charge is 0.507 e. The number of phenols is 1. The van der Waals surface area contributed by atoms with Crippen molar-refractivity contribution in [2.75, 3.05) is 6.54 Å². The van der Waals surface area contributed by atoms with Gasteiger partial charge in [-0.3, -0.25) is 9.69 Å². The SMILES string of the molecule is Br.CCC1CCCCN1Cc1c(O)ccc2c(=O)c(-c3ccc(Cl)cc3)c(C(F)(F)F)oc12. The zero-order valence-corrected chi connectivity index (χ0v) is 20.4. The molecule has 9 heteroatoms. The molecule has 33 heavy (non-hydrogen) atoms. The van der Waals surface area contributed by atoms with Gasteiger partial charge in [0.15, 0.2) is 0 Å². The van der Waals surface area contributed by atoms with E-state index in [-0.39, 0.29) is 57.4 Å². The van der Waals surface area contributed by atoms with Crippen molar-refractivity contribution in [1.82, 2.24) is 4.90 Å². The van der Waals surface area contributed by atoms with E-state index in [1.807, 2.05) is 0 Å². The van der Waals surface area contributed by atoms with Crippen LogP contribution in [0.4, 0.5) is 13.2 Å². The van der Waals surface area contributed by atoms with Gasteiger partial charge in [-0.1, -0.05) is 37.1 Å². The first-order chi connectivity index (χ1) is 15.2. The second-order valence-electron chi connectivity index (χ2n) is 8.11. The van der Waals surface area contributed by atoms with Gasteiger partial charge in [0.05, 0.1) is 16.5 Å². The molecule has 0 aliphatic carbocycles. The Kier molecular flexibility index (Phi) is 7.81.